The van der Waals surface area contributed by atoms with Crippen molar-refractivity contribution in [2.45, 2.75) is 25.6 Å². The number of nitrogens with one attached hydrogen (secondary N) is 1. The first-order chi connectivity index (χ1) is 12.2. The monoisotopic (exact) mass is 345 g/mol. The van der Waals surface area contributed by atoms with Crippen LogP contribution in [0.4, 0.5) is 20.7 Å². The van der Waals surface area contributed by atoms with Crippen LogP contribution in [0.5, 0.6) is 5.75 Å². The van der Waals surface area contributed by atoms with Crippen LogP contribution in [0.25, 0.3) is 0 Å². The highest BCUT2D eigenvalue weighted by molar-refractivity contribution is 5.82. The zero-order valence-corrected chi connectivity index (χ0v) is 13.7. The highest BCUT2D eigenvalue weighted by atomic mass is 19.1. The molecule has 132 valence electrons. The molecule has 1 aromatic carbocycles. The van der Waals surface area contributed by atoms with E-state index >= 15 is 0 Å². The Balaban J connectivity index is 1.55. The number of piperidine rings is 1. The third kappa shape index (κ3) is 4.37. The summed E-state index contributed by atoms with van der Waals surface area (Å²) in [6.07, 6.45) is 2.08. The van der Waals surface area contributed by atoms with Gasteiger partial charge in [0.25, 0.3) is 0 Å². The molecule has 2 heterocycles. The van der Waals surface area contributed by atoms with Gasteiger partial charge in [-0.15, -0.1) is 0 Å². The van der Waals surface area contributed by atoms with Crippen LogP contribution in [-0.4, -0.2) is 35.4 Å². The van der Waals surface area contributed by atoms with Crippen molar-refractivity contribution in [3.05, 3.63) is 48.2 Å². The van der Waals surface area contributed by atoms with Gasteiger partial charge in [-0.05, 0) is 18.2 Å². The topological polar surface area (TPSA) is 74.7 Å². The Morgan fingerprint density at radius 2 is 2.04 bits per heavy atom. The lowest BCUT2D eigenvalue weighted by molar-refractivity contribution is 0.168. The fourth-order valence-corrected chi connectivity index (χ4v) is 2.88. The number of alkyl halides is 1. The number of carbonyl (C=O) groups is 1. The Bertz CT molecular complexity index is 716. The maximum atomic E-state index is 13.0. The summed E-state index contributed by atoms with van der Waals surface area (Å²) in [7, 11) is 0. The highest BCUT2D eigenvalue weighted by Gasteiger charge is 2.22. The zero-order chi connectivity index (χ0) is 17.6. The molecule has 1 amide bonds. The average molecular weight is 345 g/mol. The van der Waals surface area contributed by atoms with Crippen LogP contribution in [0.2, 0.25) is 0 Å². The lowest BCUT2D eigenvalue weighted by Gasteiger charge is -2.33. The summed E-state index contributed by atoms with van der Waals surface area (Å²) in [5, 5.41) is 11.0. The van der Waals surface area contributed by atoms with Gasteiger partial charge in [-0.25, -0.2) is 14.2 Å². The van der Waals surface area contributed by atoms with Crippen LogP contribution in [-0.2, 0) is 6.67 Å². The molecule has 0 atom stereocenters. The zero-order valence-electron chi connectivity index (χ0n) is 13.7. The molecular weight excluding hydrogens is 325 g/mol. The van der Waals surface area contributed by atoms with E-state index in [0.717, 1.165) is 31.7 Å². The quantitative estimate of drug-likeness (QED) is 0.864. The maximum Gasteiger partial charge on any atom is 0.409 e. The summed E-state index contributed by atoms with van der Waals surface area (Å²) in [6.45, 7) is 1.03. The Labute approximate surface area is 145 Å². The molecule has 2 N–H and O–H groups in total. The molecule has 1 fully saturated rings. The molecule has 1 aliphatic heterocycles. The predicted molar refractivity (Wildman–Crippen MR) is 93.0 cm³/mol. The van der Waals surface area contributed by atoms with Crippen molar-refractivity contribution in [2.24, 2.45) is 0 Å². The molecule has 3 rings (SSSR count). The van der Waals surface area contributed by atoms with Gasteiger partial charge in [0.2, 0.25) is 0 Å². The second-order valence-electron chi connectivity index (χ2n) is 5.88. The van der Waals surface area contributed by atoms with E-state index in [-0.39, 0.29) is 6.10 Å². The molecule has 0 bridgehead atoms. The Kier molecular flexibility index (Phi) is 5.33. The number of hydrogen-bond acceptors (Lipinski definition) is 4. The number of ether oxygens (including phenoxy) is 1. The molecule has 0 spiro atoms. The molecular formula is C18H20FN3O3. The summed E-state index contributed by atoms with van der Waals surface area (Å²) in [5.41, 5.74) is 1.02. The molecule has 0 radical (unpaired) electrons. The molecule has 0 aliphatic carbocycles. The lowest BCUT2D eigenvalue weighted by atomic mass is 10.1. The minimum Gasteiger partial charge on any atom is -0.490 e. The second kappa shape index (κ2) is 7.83. The van der Waals surface area contributed by atoms with Gasteiger partial charge in [-0.2, -0.15) is 0 Å². The van der Waals surface area contributed by atoms with Crippen LogP contribution in [0.3, 0.4) is 0 Å². The summed E-state index contributed by atoms with van der Waals surface area (Å²) >= 11 is 0. The SMILES string of the molecule is O=C(O)Nc1ccc(N2CCC(Oc3ccccc3CF)CC2)nc1. The molecule has 0 unspecified atom stereocenters. The van der Waals surface area contributed by atoms with Gasteiger partial charge in [0, 0.05) is 31.5 Å². The largest absolute Gasteiger partial charge is 0.490 e. The van der Waals surface area contributed by atoms with Crippen molar-refractivity contribution in [2.75, 3.05) is 23.3 Å². The number of hydrogen-bond donors (Lipinski definition) is 2. The first kappa shape index (κ1) is 17.0. The number of carboxylic acid groups (broad SMARTS) is 1. The fraction of sp³-hybridized carbons (Fsp3) is 0.333. The number of amides is 1. The summed E-state index contributed by atoms with van der Waals surface area (Å²) in [4.78, 5) is 17.0. The minimum absolute atomic E-state index is 0.0527. The van der Waals surface area contributed by atoms with E-state index in [1.807, 2.05) is 6.07 Å². The Morgan fingerprint density at radius 1 is 1.28 bits per heavy atom. The standard InChI is InChI=1S/C18H20FN3O3/c19-11-13-3-1-2-4-16(13)25-15-7-9-22(10-8-15)17-6-5-14(12-20-17)21-18(23)24/h1-6,12,15,21H,7-11H2,(H,23,24). The van der Waals surface area contributed by atoms with Gasteiger partial charge < -0.3 is 14.7 Å². The van der Waals surface area contributed by atoms with E-state index in [1.165, 1.54) is 6.20 Å². The number of pyridine rings is 1. The predicted octanol–water partition coefficient (Wildman–Crippen LogP) is 3.69. The Morgan fingerprint density at radius 3 is 2.68 bits per heavy atom. The average Bonchev–Trinajstić information content (AvgIpc) is 2.63. The number of halogens is 1. The van der Waals surface area contributed by atoms with E-state index in [2.05, 4.69) is 15.2 Å². The molecule has 6 nitrogen and oxygen atoms in total. The number of aromatic nitrogens is 1. The number of benzene rings is 1. The van der Waals surface area contributed by atoms with Crippen molar-refractivity contribution in [3.8, 4) is 5.75 Å². The maximum absolute atomic E-state index is 13.0. The van der Waals surface area contributed by atoms with Gasteiger partial charge in [0.1, 0.15) is 24.3 Å². The number of rotatable bonds is 5. The molecule has 1 aromatic heterocycles. The number of para-hydroxylation sites is 1. The molecule has 0 saturated carbocycles. The summed E-state index contributed by atoms with van der Waals surface area (Å²) in [6, 6.07) is 10.7. The van der Waals surface area contributed by atoms with E-state index in [0.29, 0.717) is 17.0 Å². The van der Waals surface area contributed by atoms with Crippen LogP contribution in [0, 0.1) is 0 Å². The molecule has 25 heavy (non-hydrogen) atoms. The van der Waals surface area contributed by atoms with E-state index < -0.39 is 12.8 Å². The summed E-state index contributed by atoms with van der Waals surface area (Å²) < 4.78 is 19.0. The van der Waals surface area contributed by atoms with Crippen LogP contribution < -0.4 is 15.0 Å². The van der Waals surface area contributed by atoms with Gasteiger partial charge in [0.15, 0.2) is 0 Å². The third-order valence-electron chi connectivity index (χ3n) is 4.18. The second-order valence-corrected chi connectivity index (χ2v) is 5.88. The molecule has 2 aromatic rings. The van der Waals surface area contributed by atoms with E-state index in [9.17, 15) is 9.18 Å². The smallest absolute Gasteiger partial charge is 0.409 e. The third-order valence-corrected chi connectivity index (χ3v) is 4.18. The normalized spacial score (nSPS) is 15.0. The fourth-order valence-electron chi connectivity index (χ4n) is 2.88. The van der Waals surface area contributed by atoms with Crippen LogP contribution >= 0.6 is 0 Å². The van der Waals surface area contributed by atoms with Crippen molar-refractivity contribution < 1.29 is 19.0 Å². The lowest BCUT2D eigenvalue weighted by Crippen LogP contribution is -2.38. The first-order valence-electron chi connectivity index (χ1n) is 8.17. The molecule has 1 saturated heterocycles. The van der Waals surface area contributed by atoms with Crippen LogP contribution in [0.15, 0.2) is 42.6 Å². The van der Waals surface area contributed by atoms with Crippen molar-refractivity contribution in [1.82, 2.24) is 4.98 Å². The van der Waals surface area contributed by atoms with Crippen molar-refractivity contribution in [1.29, 1.82) is 0 Å². The van der Waals surface area contributed by atoms with Crippen molar-refractivity contribution >= 4 is 17.6 Å². The van der Waals surface area contributed by atoms with Crippen molar-refractivity contribution in [3.63, 3.8) is 0 Å². The molecule has 7 heteroatoms. The summed E-state index contributed by atoms with van der Waals surface area (Å²) in [5.74, 6) is 1.42. The Hall–Kier alpha value is -2.83. The highest BCUT2D eigenvalue weighted by Crippen LogP contribution is 2.25. The van der Waals surface area contributed by atoms with Gasteiger partial charge >= 0.3 is 6.09 Å². The number of anilines is 2. The van der Waals surface area contributed by atoms with E-state index in [4.69, 9.17) is 9.84 Å². The van der Waals surface area contributed by atoms with Gasteiger partial charge in [-0.1, -0.05) is 18.2 Å². The van der Waals surface area contributed by atoms with Gasteiger partial charge in [0.05, 0.1) is 11.9 Å². The first-order valence-corrected chi connectivity index (χ1v) is 8.17. The van der Waals surface area contributed by atoms with Crippen LogP contribution in [0.1, 0.15) is 18.4 Å². The van der Waals surface area contributed by atoms with Gasteiger partial charge in [-0.3, -0.25) is 5.32 Å². The number of nitrogens with zero attached hydrogens (tertiary/aromatic N) is 2. The minimum atomic E-state index is -1.11. The molecule has 1 aliphatic rings. The van der Waals surface area contributed by atoms with E-state index in [1.54, 1.807) is 30.3 Å².